The molecule has 2 rings (SSSR count). The maximum absolute atomic E-state index is 13.2. The van der Waals surface area contributed by atoms with E-state index < -0.39 is 11.6 Å². The van der Waals surface area contributed by atoms with Gasteiger partial charge in [-0.05, 0) is 18.6 Å². The molecule has 1 heterocycles. The summed E-state index contributed by atoms with van der Waals surface area (Å²) in [6.45, 7) is 0.901. The molecule has 1 N–H and O–H groups in total. The molecule has 0 saturated carbocycles. The number of benzene rings is 1. The molecule has 0 radical (unpaired) electrons. The Bertz CT molecular complexity index is 403. The van der Waals surface area contributed by atoms with Crippen LogP contribution in [-0.2, 0) is 9.53 Å². The lowest BCUT2D eigenvalue weighted by Gasteiger charge is -2.09. The first kappa shape index (κ1) is 11.0. The van der Waals surface area contributed by atoms with E-state index in [1.165, 1.54) is 6.07 Å². The summed E-state index contributed by atoms with van der Waals surface area (Å²) in [5, 5.41) is 2.42. The maximum atomic E-state index is 13.2. The van der Waals surface area contributed by atoms with Crippen LogP contribution in [0.2, 0.25) is 0 Å². The summed E-state index contributed by atoms with van der Waals surface area (Å²) in [6, 6.07) is 3.04. The molecule has 0 bridgehead atoms. The van der Waals surface area contributed by atoms with Crippen LogP contribution in [0.4, 0.5) is 14.5 Å². The highest BCUT2D eigenvalue weighted by atomic mass is 19.1. The molecule has 0 spiro atoms. The molecular weight excluding hydrogens is 216 g/mol. The average Bonchev–Trinajstić information content (AvgIpc) is 2.75. The monoisotopic (exact) mass is 227 g/mol. The summed E-state index contributed by atoms with van der Waals surface area (Å²) >= 11 is 0. The third-order valence-corrected chi connectivity index (χ3v) is 2.49. The minimum Gasteiger partial charge on any atom is -0.381 e. The van der Waals surface area contributed by atoms with Crippen LogP contribution in [0, 0.1) is 17.6 Å². The van der Waals surface area contributed by atoms with Gasteiger partial charge >= 0.3 is 0 Å². The van der Waals surface area contributed by atoms with Crippen LogP contribution in [0.15, 0.2) is 18.2 Å². The first-order valence-electron chi connectivity index (χ1n) is 5.00. The highest BCUT2D eigenvalue weighted by molar-refractivity contribution is 5.92. The number of hydrogen-bond acceptors (Lipinski definition) is 2. The molecule has 3 nitrogen and oxygen atoms in total. The van der Waals surface area contributed by atoms with E-state index in [0.717, 1.165) is 12.1 Å². The maximum Gasteiger partial charge on any atom is 0.229 e. The Morgan fingerprint density at radius 1 is 1.44 bits per heavy atom. The number of carbonyl (C=O) groups excluding carboxylic acids is 1. The number of ether oxygens (including phenoxy) is 1. The van der Waals surface area contributed by atoms with Crippen LogP contribution in [0.3, 0.4) is 0 Å². The van der Waals surface area contributed by atoms with Gasteiger partial charge in [0, 0.05) is 12.7 Å². The van der Waals surface area contributed by atoms with E-state index in [-0.39, 0.29) is 17.5 Å². The van der Waals surface area contributed by atoms with Crippen molar-refractivity contribution in [3.8, 4) is 0 Å². The van der Waals surface area contributed by atoms with E-state index in [0.29, 0.717) is 19.6 Å². The van der Waals surface area contributed by atoms with Crippen LogP contribution in [0.25, 0.3) is 0 Å². The third kappa shape index (κ3) is 2.36. The Hall–Kier alpha value is -1.49. The van der Waals surface area contributed by atoms with Crippen molar-refractivity contribution >= 4 is 11.6 Å². The molecule has 1 aromatic carbocycles. The third-order valence-electron chi connectivity index (χ3n) is 2.49. The normalized spacial score (nSPS) is 19.8. The van der Waals surface area contributed by atoms with Gasteiger partial charge < -0.3 is 10.1 Å². The number of halogens is 2. The Morgan fingerprint density at radius 3 is 2.88 bits per heavy atom. The summed E-state index contributed by atoms with van der Waals surface area (Å²) in [5.74, 6) is -1.97. The van der Waals surface area contributed by atoms with E-state index in [1.54, 1.807) is 0 Å². The fourth-order valence-corrected chi connectivity index (χ4v) is 1.57. The summed E-state index contributed by atoms with van der Waals surface area (Å²) in [7, 11) is 0. The zero-order valence-corrected chi connectivity index (χ0v) is 8.50. The number of anilines is 1. The zero-order valence-electron chi connectivity index (χ0n) is 8.50. The predicted molar refractivity (Wildman–Crippen MR) is 53.9 cm³/mol. The molecule has 1 fully saturated rings. The lowest BCUT2D eigenvalue weighted by molar-refractivity contribution is -0.119. The smallest absolute Gasteiger partial charge is 0.229 e. The Kier molecular flexibility index (Phi) is 3.14. The fraction of sp³-hybridized carbons (Fsp3) is 0.364. The van der Waals surface area contributed by atoms with Crippen LogP contribution in [-0.4, -0.2) is 19.1 Å². The van der Waals surface area contributed by atoms with E-state index in [9.17, 15) is 13.6 Å². The standard InChI is InChI=1S/C11H11F2NO2/c12-8-1-2-10(9(13)5-8)14-11(15)7-3-4-16-6-7/h1-2,5,7H,3-4,6H2,(H,14,15). The van der Waals surface area contributed by atoms with Crippen LogP contribution < -0.4 is 5.32 Å². The van der Waals surface area contributed by atoms with Crippen LogP contribution in [0.5, 0.6) is 0 Å². The number of amides is 1. The largest absolute Gasteiger partial charge is 0.381 e. The zero-order chi connectivity index (χ0) is 11.5. The van der Waals surface area contributed by atoms with Crippen molar-refractivity contribution in [1.82, 2.24) is 0 Å². The molecule has 1 unspecified atom stereocenters. The van der Waals surface area contributed by atoms with Crippen molar-refractivity contribution < 1.29 is 18.3 Å². The minimum absolute atomic E-state index is 0.00157. The van der Waals surface area contributed by atoms with Crippen molar-refractivity contribution in [2.24, 2.45) is 5.92 Å². The van der Waals surface area contributed by atoms with Gasteiger partial charge in [0.25, 0.3) is 0 Å². The molecule has 0 aromatic heterocycles. The van der Waals surface area contributed by atoms with Crippen molar-refractivity contribution in [2.45, 2.75) is 6.42 Å². The van der Waals surface area contributed by atoms with Gasteiger partial charge in [0.15, 0.2) is 0 Å². The van der Waals surface area contributed by atoms with E-state index in [1.807, 2.05) is 0 Å². The van der Waals surface area contributed by atoms with Gasteiger partial charge in [0.1, 0.15) is 11.6 Å². The van der Waals surface area contributed by atoms with E-state index in [2.05, 4.69) is 5.32 Å². The van der Waals surface area contributed by atoms with Gasteiger partial charge in [0.05, 0.1) is 18.2 Å². The Morgan fingerprint density at radius 2 is 2.25 bits per heavy atom. The van der Waals surface area contributed by atoms with Gasteiger partial charge in [-0.25, -0.2) is 8.78 Å². The second-order valence-electron chi connectivity index (χ2n) is 3.67. The van der Waals surface area contributed by atoms with Gasteiger partial charge in [-0.3, -0.25) is 4.79 Å². The molecule has 1 atom stereocenters. The lowest BCUT2D eigenvalue weighted by Crippen LogP contribution is -2.23. The van der Waals surface area contributed by atoms with E-state index >= 15 is 0 Å². The number of carbonyl (C=O) groups is 1. The van der Waals surface area contributed by atoms with Crippen molar-refractivity contribution in [3.05, 3.63) is 29.8 Å². The molecule has 1 aliphatic rings. The highest BCUT2D eigenvalue weighted by Crippen LogP contribution is 2.18. The Labute approximate surface area is 91.4 Å². The van der Waals surface area contributed by atoms with Crippen molar-refractivity contribution in [2.75, 3.05) is 18.5 Å². The van der Waals surface area contributed by atoms with Gasteiger partial charge in [-0.2, -0.15) is 0 Å². The molecular formula is C11H11F2NO2. The minimum atomic E-state index is -0.771. The quantitative estimate of drug-likeness (QED) is 0.838. The number of rotatable bonds is 2. The molecule has 16 heavy (non-hydrogen) atoms. The molecule has 1 amide bonds. The topological polar surface area (TPSA) is 38.3 Å². The molecule has 1 saturated heterocycles. The summed E-state index contributed by atoms with van der Waals surface area (Å²) in [6.07, 6.45) is 0.634. The number of hydrogen-bond donors (Lipinski definition) is 1. The highest BCUT2D eigenvalue weighted by Gasteiger charge is 2.24. The molecule has 0 aliphatic carbocycles. The fourth-order valence-electron chi connectivity index (χ4n) is 1.57. The van der Waals surface area contributed by atoms with E-state index in [4.69, 9.17) is 4.74 Å². The SMILES string of the molecule is O=C(Nc1ccc(F)cc1F)C1CCOC1. The van der Waals surface area contributed by atoms with Crippen LogP contribution >= 0.6 is 0 Å². The van der Waals surface area contributed by atoms with Gasteiger partial charge in [0.2, 0.25) is 5.91 Å². The Balaban J connectivity index is 2.05. The average molecular weight is 227 g/mol. The summed E-state index contributed by atoms with van der Waals surface area (Å²) in [4.78, 5) is 11.6. The number of nitrogens with one attached hydrogen (secondary N) is 1. The summed E-state index contributed by atoms with van der Waals surface area (Å²) in [5.41, 5.74) is -0.00157. The first-order valence-corrected chi connectivity index (χ1v) is 5.00. The molecule has 1 aliphatic heterocycles. The lowest BCUT2D eigenvalue weighted by atomic mass is 10.1. The molecule has 1 aromatic rings. The first-order chi connectivity index (χ1) is 7.66. The second kappa shape index (κ2) is 4.57. The van der Waals surface area contributed by atoms with Gasteiger partial charge in [-0.1, -0.05) is 0 Å². The van der Waals surface area contributed by atoms with Gasteiger partial charge in [-0.15, -0.1) is 0 Å². The van der Waals surface area contributed by atoms with Crippen molar-refractivity contribution in [1.29, 1.82) is 0 Å². The molecule has 5 heteroatoms. The summed E-state index contributed by atoms with van der Waals surface area (Å²) < 4.78 is 30.9. The molecule has 86 valence electrons. The predicted octanol–water partition coefficient (Wildman–Crippen LogP) is 1.94. The van der Waals surface area contributed by atoms with Crippen LogP contribution in [0.1, 0.15) is 6.42 Å². The second-order valence-corrected chi connectivity index (χ2v) is 3.67. The van der Waals surface area contributed by atoms with Crippen molar-refractivity contribution in [3.63, 3.8) is 0 Å².